The van der Waals surface area contributed by atoms with E-state index in [0.717, 1.165) is 31.2 Å². The first-order valence-electron chi connectivity index (χ1n) is 7.94. The van der Waals surface area contributed by atoms with Gasteiger partial charge in [-0.2, -0.15) is 0 Å². The van der Waals surface area contributed by atoms with Crippen molar-refractivity contribution in [2.45, 2.75) is 45.6 Å². The molecule has 1 aromatic carbocycles. The van der Waals surface area contributed by atoms with Gasteiger partial charge in [0.1, 0.15) is 5.82 Å². The van der Waals surface area contributed by atoms with Crippen LogP contribution in [0, 0.1) is 11.7 Å². The van der Waals surface area contributed by atoms with E-state index in [0.29, 0.717) is 6.04 Å². The van der Waals surface area contributed by atoms with Crippen molar-refractivity contribution in [3.63, 3.8) is 0 Å². The third-order valence-corrected chi connectivity index (χ3v) is 4.45. The maximum Gasteiger partial charge on any atom is 0.125 e. The molecule has 1 N–H and O–H groups in total. The average Bonchev–Trinajstić information content (AvgIpc) is 2.45. The van der Waals surface area contributed by atoms with Crippen LogP contribution in [0.3, 0.4) is 0 Å². The summed E-state index contributed by atoms with van der Waals surface area (Å²) in [7, 11) is 0. The van der Waals surface area contributed by atoms with E-state index >= 15 is 0 Å². The first-order chi connectivity index (χ1) is 9.70. The Labute approximate surface area is 122 Å². The molecule has 1 aliphatic rings. The van der Waals surface area contributed by atoms with Crippen LogP contribution in [0.2, 0.25) is 0 Å². The molecule has 2 rings (SSSR count). The molecule has 0 amide bonds. The second-order valence-electron chi connectivity index (χ2n) is 5.88. The number of nitrogens with zero attached hydrogens (tertiary/aromatic N) is 1. The van der Waals surface area contributed by atoms with Crippen LogP contribution >= 0.6 is 0 Å². The van der Waals surface area contributed by atoms with Gasteiger partial charge in [0.15, 0.2) is 0 Å². The molecule has 2 atom stereocenters. The highest BCUT2D eigenvalue weighted by atomic mass is 19.1. The summed E-state index contributed by atoms with van der Waals surface area (Å²) in [5.74, 6) is 0.628. The predicted molar refractivity (Wildman–Crippen MR) is 83.7 cm³/mol. The smallest absolute Gasteiger partial charge is 0.125 e. The standard InChI is InChI=1S/C17H27FN2/c1-3-20(16-9-6-8-15(18)13-16)12-11-19-17-10-5-4-7-14(17)2/h6,8-9,13-14,17,19H,3-5,7,10-12H2,1-2H3. The summed E-state index contributed by atoms with van der Waals surface area (Å²) in [6.45, 7) is 7.28. The topological polar surface area (TPSA) is 15.3 Å². The van der Waals surface area contributed by atoms with Gasteiger partial charge in [-0.1, -0.05) is 25.8 Å². The summed E-state index contributed by atoms with van der Waals surface area (Å²) in [5, 5.41) is 3.69. The Balaban J connectivity index is 1.82. The first-order valence-corrected chi connectivity index (χ1v) is 7.94. The van der Waals surface area contributed by atoms with Crippen molar-refractivity contribution in [1.82, 2.24) is 5.32 Å². The number of nitrogens with one attached hydrogen (secondary N) is 1. The molecule has 1 saturated carbocycles. The number of anilines is 1. The van der Waals surface area contributed by atoms with Gasteiger partial charge in [0.2, 0.25) is 0 Å². The van der Waals surface area contributed by atoms with Gasteiger partial charge in [0.05, 0.1) is 0 Å². The van der Waals surface area contributed by atoms with Gasteiger partial charge in [-0.25, -0.2) is 4.39 Å². The highest BCUT2D eigenvalue weighted by Gasteiger charge is 2.20. The van der Waals surface area contributed by atoms with E-state index in [1.807, 2.05) is 6.07 Å². The molecule has 0 aliphatic heterocycles. The van der Waals surface area contributed by atoms with Crippen molar-refractivity contribution < 1.29 is 4.39 Å². The van der Waals surface area contributed by atoms with Gasteiger partial charge in [0, 0.05) is 31.4 Å². The summed E-state index contributed by atoms with van der Waals surface area (Å²) >= 11 is 0. The van der Waals surface area contributed by atoms with Crippen LogP contribution in [0.15, 0.2) is 24.3 Å². The SMILES string of the molecule is CCN(CCNC1CCCCC1C)c1cccc(F)c1. The molecule has 0 bridgehead atoms. The fourth-order valence-electron chi connectivity index (χ4n) is 3.15. The molecule has 1 aromatic rings. The minimum absolute atomic E-state index is 0.158. The minimum Gasteiger partial charge on any atom is -0.370 e. The molecule has 1 aliphatic carbocycles. The molecule has 20 heavy (non-hydrogen) atoms. The Hall–Kier alpha value is -1.09. The third kappa shape index (κ3) is 4.20. The Morgan fingerprint density at radius 1 is 1.30 bits per heavy atom. The number of rotatable bonds is 6. The van der Waals surface area contributed by atoms with Crippen molar-refractivity contribution in [3.8, 4) is 0 Å². The van der Waals surface area contributed by atoms with Crippen LogP contribution in [0.5, 0.6) is 0 Å². The molecule has 0 radical (unpaired) electrons. The molecule has 0 aromatic heterocycles. The van der Waals surface area contributed by atoms with Crippen LogP contribution in [0.25, 0.3) is 0 Å². The fourth-order valence-corrected chi connectivity index (χ4v) is 3.15. The number of likely N-dealkylation sites (N-methyl/N-ethyl adjacent to an activating group) is 1. The molecule has 3 heteroatoms. The second kappa shape index (κ2) is 7.63. The first kappa shape index (κ1) is 15.3. The van der Waals surface area contributed by atoms with E-state index in [9.17, 15) is 4.39 Å². The molecule has 2 nitrogen and oxygen atoms in total. The van der Waals surface area contributed by atoms with Gasteiger partial charge >= 0.3 is 0 Å². The van der Waals surface area contributed by atoms with E-state index in [4.69, 9.17) is 0 Å². The second-order valence-corrected chi connectivity index (χ2v) is 5.88. The molecule has 1 fully saturated rings. The lowest BCUT2D eigenvalue weighted by molar-refractivity contribution is 0.282. The lowest BCUT2D eigenvalue weighted by Gasteiger charge is -2.31. The van der Waals surface area contributed by atoms with Crippen LogP contribution in [0.4, 0.5) is 10.1 Å². The van der Waals surface area contributed by atoms with E-state index in [1.165, 1.54) is 31.7 Å². The van der Waals surface area contributed by atoms with Crippen LogP contribution in [-0.2, 0) is 0 Å². The molecular formula is C17H27FN2. The summed E-state index contributed by atoms with van der Waals surface area (Å²) in [5.41, 5.74) is 0.978. The largest absolute Gasteiger partial charge is 0.370 e. The van der Waals surface area contributed by atoms with E-state index in [1.54, 1.807) is 12.1 Å². The van der Waals surface area contributed by atoms with Gasteiger partial charge in [-0.15, -0.1) is 0 Å². The molecule has 0 saturated heterocycles. The Morgan fingerprint density at radius 3 is 2.80 bits per heavy atom. The fraction of sp³-hybridized carbons (Fsp3) is 0.647. The zero-order valence-corrected chi connectivity index (χ0v) is 12.7. The van der Waals surface area contributed by atoms with Gasteiger partial charge < -0.3 is 10.2 Å². The zero-order chi connectivity index (χ0) is 14.4. The van der Waals surface area contributed by atoms with E-state index < -0.39 is 0 Å². The zero-order valence-electron chi connectivity index (χ0n) is 12.7. The normalized spacial score (nSPS) is 22.8. The van der Waals surface area contributed by atoms with Crippen molar-refractivity contribution in [2.75, 3.05) is 24.5 Å². The quantitative estimate of drug-likeness (QED) is 0.851. The van der Waals surface area contributed by atoms with Crippen LogP contribution in [-0.4, -0.2) is 25.7 Å². The van der Waals surface area contributed by atoms with Crippen LogP contribution in [0.1, 0.15) is 39.5 Å². The molecular weight excluding hydrogens is 251 g/mol. The minimum atomic E-state index is -0.158. The summed E-state index contributed by atoms with van der Waals surface area (Å²) in [6.07, 6.45) is 5.37. The van der Waals surface area contributed by atoms with Crippen molar-refractivity contribution in [3.05, 3.63) is 30.1 Å². The van der Waals surface area contributed by atoms with Crippen molar-refractivity contribution in [1.29, 1.82) is 0 Å². The Morgan fingerprint density at radius 2 is 2.10 bits per heavy atom. The van der Waals surface area contributed by atoms with Crippen molar-refractivity contribution >= 4 is 5.69 Å². The third-order valence-electron chi connectivity index (χ3n) is 4.45. The van der Waals surface area contributed by atoms with Crippen LogP contribution < -0.4 is 10.2 Å². The van der Waals surface area contributed by atoms with Gasteiger partial charge in [-0.05, 0) is 43.9 Å². The van der Waals surface area contributed by atoms with Gasteiger partial charge in [0.25, 0.3) is 0 Å². The molecule has 0 heterocycles. The lowest BCUT2D eigenvalue weighted by atomic mass is 9.86. The van der Waals surface area contributed by atoms with E-state index in [-0.39, 0.29) is 5.82 Å². The molecule has 2 unspecified atom stereocenters. The Bertz CT molecular complexity index is 408. The number of hydrogen-bond acceptors (Lipinski definition) is 2. The predicted octanol–water partition coefficient (Wildman–Crippen LogP) is 3.82. The highest BCUT2D eigenvalue weighted by Crippen LogP contribution is 2.23. The maximum absolute atomic E-state index is 13.3. The van der Waals surface area contributed by atoms with Crippen molar-refractivity contribution in [2.24, 2.45) is 5.92 Å². The maximum atomic E-state index is 13.3. The van der Waals surface area contributed by atoms with Gasteiger partial charge in [-0.3, -0.25) is 0 Å². The number of halogens is 1. The monoisotopic (exact) mass is 278 g/mol. The summed E-state index contributed by atoms with van der Waals surface area (Å²) in [6, 6.07) is 7.54. The number of benzene rings is 1. The summed E-state index contributed by atoms with van der Waals surface area (Å²) < 4.78 is 13.3. The summed E-state index contributed by atoms with van der Waals surface area (Å²) in [4.78, 5) is 2.23. The molecule has 0 spiro atoms. The number of hydrogen-bond donors (Lipinski definition) is 1. The lowest BCUT2D eigenvalue weighted by Crippen LogP contribution is -2.41. The Kier molecular flexibility index (Phi) is 5.84. The highest BCUT2D eigenvalue weighted by molar-refractivity contribution is 5.46. The van der Waals surface area contributed by atoms with E-state index in [2.05, 4.69) is 24.1 Å². The average molecular weight is 278 g/mol. The molecule has 112 valence electrons.